The smallest absolute Gasteiger partial charge is 0.198 e. The summed E-state index contributed by atoms with van der Waals surface area (Å²) in [5.74, 6) is 0.672. The lowest BCUT2D eigenvalue weighted by Crippen LogP contribution is -2.13. The minimum Gasteiger partial charge on any atom is -0.497 e. The topological polar surface area (TPSA) is 42.1 Å². The number of H-pyrrole nitrogens is 1. The largest absolute Gasteiger partial charge is 0.497 e. The van der Waals surface area contributed by atoms with Gasteiger partial charge >= 0.3 is 0 Å². The number of pyridine rings is 1. The van der Waals surface area contributed by atoms with Gasteiger partial charge in [0.2, 0.25) is 0 Å². The number of aromatic nitrogens is 1. The lowest BCUT2D eigenvalue weighted by atomic mass is 9.93. The molecule has 0 amide bonds. The first-order valence-electron chi connectivity index (χ1n) is 9.11. The second kappa shape index (κ2) is 7.49. The van der Waals surface area contributed by atoms with Gasteiger partial charge in [-0.2, -0.15) is 0 Å². The van der Waals surface area contributed by atoms with Crippen molar-refractivity contribution in [2.45, 2.75) is 13.8 Å². The van der Waals surface area contributed by atoms with Gasteiger partial charge in [-0.25, -0.2) is 0 Å². The van der Waals surface area contributed by atoms with Crippen LogP contribution in [-0.2, 0) is 0 Å². The van der Waals surface area contributed by atoms with Crippen LogP contribution in [0.15, 0.2) is 76.4 Å². The SMILES string of the molecule is COc1ccc2[nH]c(-c3ccccc3)c(C(=C(C)C)c3cccs3)c(=O)c2c1. The monoisotopic (exact) mass is 387 g/mol. The van der Waals surface area contributed by atoms with Crippen LogP contribution in [-0.4, -0.2) is 12.1 Å². The fraction of sp³-hybridized carbons (Fsp3) is 0.125. The number of thiophene rings is 1. The summed E-state index contributed by atoms with van der Waals surface area (Å²) in [6, 6.07) is 19.7. The molecule has 0 atom stereocenters. The molecule has 140 valence electrons. The third-order valence-electron chi connectivity index (χ3n) is 4.79. The van der Waals surface area contributed by atoms with E-state index in [1.54, 1.807) is 18.4 Å². The zero-order chi connectivity index (χ0) is 19.7. The van der Waals surface area contributed by atoms with Crippen LogP contribution in [0, 0.1) is 0 Å². The number of hydrogen-bond acceptors (Lipinski definition) is 3. The molecule has 0 spiro atoms. The molecule has 0 saturated carbocycles. The predicted octanol–water partition coefficient (Wildman–Crippen LogP) is 6.11. The molecular weight excluding hydrogens is 366 g/mol. The molecule has 2 aromatic carbocycles. The Bertz CT molecular complexity index is 1210. The van der Waals surface area contributed by atoms with Gasteiger partial charge in [-0.15, -0.1) is 11.3 Å². The number of nitrogens with one attached hydrogen (secondary N) is 1. The molecule has 4 heteroatoms. The van der Waals surface area contributed by atoms with E-state index in [1.807, 2.05) is 60.0 Å². The molecule has 3 nitrogen and oxygen atoms in total. The lowest BCUT2D eigenvalue weighted by molar-refractivity contribution is 0.415. The summed E-state index contributed by atoms with van der Waals surface area (Å²) in [5, 5.41) is 2.67. The van der Waals surface area contributed by atoms with Crippen LogP contribution in [0.25, 0.3) is 27.7 Å². The maximum absolute atomic E-state index is 13.7. The third kappa shape index (κ3) is 3.16. The molecule has 0 aliphatic heterocycles. The Balaban J connectivity index is 2.14. The molecular formula is C24H21NO2S. The van der Waals surface area contributed by atoms with Crippen molar-refractivity contribution in [3.63, 3.8) is 0 Å². The van der Waals surface area contributed by atoms with E-state index in [-0.39, 0.29) is 5.43 Å². The minimum absolute atomic E-state index is 0.0103. The van der Waals surface area contributed by atoms with Crippen molar-refractivity contribution in [2.24, 2.45) is 0 Å². The Morgan fingerprint density at radius 2 is 1.79 bits per heavy atom. The Labute approximate surface area is 167 Å². The van der Waals surface area contributed by atoms with E-state index in [2.05, 4.69) is 24.9 Å². The number of rotatable bonds is 4. The van der Waals surface area contributed by atoms with Crippen molar-refractivity contribution in [1.82, 2.24) is 4.98 Å². The Hall–Kier alpha value is -3.11. The van der Waals surface area contributed by atoms with Crippen molar-refractivity contribution in [3.05, 3.63) is 92.3 Å². The van der Waals surface area contributed by atoms with Gasteiger partial charge in [-0.1, -0.05) is 42.0 Å². The molecule has 0 saturated heterocycles. The maximum atomic E-state index is 13.7. The molecule has 0 fully saturated rings. The van der Waals surface area contributed by atoms with Crippen molar-refractivity contribution in [3.8, 4) is 17.0 Å². The molecule has 0 unspecified atom stereocenters. The highest BCUT2D eigenvalue weighted by atomic mass is 32.1. The number of methoxy groups -OCH3 is 1. The summed E-state index contributed by atoms with van der Waals surface area (Å²) in [7, 11) is 1.61. The Kier molecular flexibility index (Phi) is 4.88. The van der Waals surface area contributed by atoms with Crippen LogP contribution in [0.3, 0.4) is 0 Å². The molecule has 0 aliphatic rings. The van der Waals surface area contributed by atoms with Crippen molar-refractivity contribution >= 4 is 27.8 Å². The first-order valence-corrected chi connectivity index (χ1v) is 9.99. The van der Waals surface area contributed by atoms with Crippen molar-refractivity contribution in [1.29, 1.82) is 0 Å². The van der Waals surface area contributed by atoms with Crippen LogP contribution < -0.4 is 10.2 Å². The van der Waals surface area contributed by atoms with E-state index < -0.39 is 0 Å². The number of hydrogen-bond donors (Lipinski definition) is 1. The Morgan fingerprint density at radius 3 is 2.43 bits per heavy atom. The maximum Gasteiger partial charge on any atom is 0.198 e. The van der Waals surface area contributed by atoms with E-state index in [1.165, 1.54) is 0 Å². The number of allylic oxidation sites excluding steroid dienone is 1. The first kappa shape index (κ1) is 18.3. The van der Waals surface area contributed by atoms with Gasteiger partial charge in [0.1, 0.15) is 5.75 Å². The highest BCUT2D eigenvalue weighted by molar-refractivity contribution is 7.11. The van der Waals surface area contributed by atoms with Gasteiger partial charge in [-0.3, -0.25) is 4.79 Å². The summed E-state index contributed by atoms with van der Waals surface area (Å²) >= 11 is 1.64. The second-order valence-electron chi connectivity index (χ2n) is 6.83. The summed E-state index contributed by atoms with van der Waals surface area (Å²) in [5.41, 5.74) is 5.43. The summed E-state index contributed by atoms with van der Waals surface area (Å²) < 4.78 is 5.35. The average molecular weight is 388 g/mol. The van der Waals surface area contributed by atoms with E-state index >= 15 is 0 Å². The number of aromatic amines is 1. The van der Waals surface area contributed by atoms with Gasteiger partial charge in [0.25, 0.3) is 0 Å². The van der Waals surface area contributed by atoms with Crippen molar-refractivity contribution < 1.29 is 4.74 Å². The molecule has 4 aromatic rings. The van der Waals surface area contributed by atoms with E-state index in [0.717, 1.165) is 32.8 Å². The predicted molar refractivity (Wildman–Crippen MR) is 118 cm³/mol. The zero-order valence-electron chi connectivity index (χ0n) is 16.1. The molecule has 0 aliphatic carbocycles. The average Bonchev–Trinajstić information content (AvgIpc) is 3.24. The van der Waals surface area contributed by atoms with Gasteiger partial charge in [0.15, 0.2) is 5.43 Å². The molecule has 2 heterocycles. The molecule has 0 bridgehead atoms. The van der Waals surface area contributed by atoms with Gasteiger partial charge in [0, 0.05) is 15.8 Å². The minimum atomic E-state index is 0.0103. The highest BCUT2D eigenvalue weighted by Gasteiger charge is 2.20. The number of ether oxygens (including phenoxy) is 1. The van der Waals surface area contributed by atoms with Crippen LogP contribution in [0.2, 0.25) is 0 Å². The molecule has 0 radical (unpaired) electrons. The van der Waals surface area contributed by atoms with Gasteiger partial charge < -0.3 is 9.72 Å². The summed E-state index contributed by atoms with van der Waals surface area (Å²) in [4.78, 5) is 18.3. The number of fused-ring (bicyclic) bond motifs is 1. The van der Waals surface area contributed by atoms with Gasteiger partial charge in [0.05, 0.1) is 23.9 Å². The fourth-order valence-corrected chi connectivity index (χ4v) is 4.38. The van der Waals surface area contributed by atoms with Crippen LogP contribution in [0.4, 0.5) is 0 Å². The van der Waals surface area contributed by atoms with E-state index in [9.17, 15) is 4.79 Å². The lowest BCUT2D eigenvalue weighted by Gasteiger charge is -2.16. The first-order chi connectivity index (χ1) is 13.6. The van der Waals surface area contributed by atoms with Crippen LogP contribution in [0.5, 0.6) is 5.75 Å². The quantitative estimate of drug-likeness (QED) is 0.459. The standard InChI is InChI=1S/C24H21NO2S/c1-15(2)21(20-10-7-13-28-20)22-23(16-8-5-4-6-9-16)25-19-12-11-17(27-3)14-18(19)24(22)26/h4-14H,1-3H3,(H,25,26). The summed E-state index contributed by atoms with van der Waals surface area (Å²) in [6.45, 7) is 4.11. The van der Waals surface area contributed by atoms with Crippen LogP contribution >= 0.6 is 11.3 Å². The van der Waals surface area contributed by atoms with E-state index in [4.69, 9.17) is 4.74 Å². The van der Waals surface area contributed by atoms with Crippen LogP contribution in [0.1, 0.15) is 24.3 Å². The van der Waals surface area contributed by atoms with Gasteiger partial charge in [-0.05, 0) is 49.1 Å². The van der Waals surface area contributed by atoms with Crippen molar-refractivity contribution in [2.75, 3.05) is 7.11 Å². The zero-order valence-corrected chi connectivity index (χ0v) is 16.9. The number of benzene rings is 2. The molecule has 1 N–H and O–H groups in total. The highest BCUT2D eigenvalue weighted by Crippen LogP contribution is 2.35. The molecule has 2 aromatic heterocycles. The third-order valence-corrected chi connectivity index (χ3v) is 5.68. The Morgan fingerprint density at radius 1 is 1.00 bits per heavy atom. The normalized spacial score (nSPS) is 10.8. The summed E-state index contributed by atoms with van der Waals surface area (Å²) in [6.07, 6.45) is 0. The molecule has 4 rings (SSSR count). The van der Waals surface area contributed by atoms with E-state index in [0.29, 0.717) is 16.7 Å². The second-order valence-corrected chi connectivity index (χ2v) is 7.78. The molecule has 28 heavy (non-hydrogen) atoms. The fourth-order valence-electron chi connectivity index (χ4n) is 3.49.